The van der Waals surface area contributed by atoms with Crippen molar-refractivity contribution in [2.45, 2.75) is 38.1 Å². The lowest BCUT2D eigenvalue weighted by Crippen LogP contribution is -2.35. The number of esters is 1. The molecule has 84 valence electrons. The number of hydrogen-bond acceptors (Lipinski definition) is 3. The van der Waals surface area contributed by atoms with E-state index in [9.17, 15) is 9.59 Å². The molecule has 2 aliphatic rings. The third-order valence-electron chi connectivity index (χ3n) is 3.46. The van der Waals surface area contributed by atoms with Crippen molar-refractivity contribution in [2.75, 3.05) is 13.7 Å². The highest BCUT2D eigenvalue weighted by atomic mass is 16.5. The van der Waals surface area contributed by atoms with Gasteiger partial charge >= 0.3 is 5.97 Å². The number of hydrogen-bond donors (Lipinski definition) is 0. The van der Waals surface area contributed by atoms with Gasteiger partial charge in [-0.05, 0) is 12.8 Å². The third-order valence-corrected chi connectivity index (χ3v) is 3.46. The lowest BCUT2D eigenvalue weighted by molar-refractivity contribution is -0.145. The van der Waals surface area contributed by atoms with Gasteiger partial charge in [-0.1, -0.05) is 12.8 Å². The van der Waals surface area contributed by atoms with Gasteiger partial charge in [0.1, 0.15) is 0 Å². The maximum Gasteiger partial charge on any atom is 0.310 e. The zero-order valence-electron chi connectivity index (χ0n) is 9.07. The summed E-state index contributed by atoms with van der Waals surface area (Å²) in [4.78, 5) is 24.9. The van der Waals surface area contributed by atoms with Crippen molar-refractivity contribution in [2.24, 2.45) is 5.92 Å². The molecule has 1 aliphatic heterocycles. The average molecular weight is 211 g/mol. The molecule has 0 spiro atoms. The van der Waals surface area contributed by atoms with Gasteiger partial charge in [-0.2, -0.15) is 0 Å². The molecule has 0 aromatic rings. The summed E-state index contributed by atoms with van der Waals surface area (Å²) in [5.41, 5.74) is 0. The Labute approximate surface area is 89.6 Å². The Morgan fingerprint density at radius 3 is 2.67 bits per heavy atom. The van der Waals surface area contributed by atoms with Gasteiger partial charge in [0.2, 0.25) is 5.91 Å². The Morgan fingerprint density at radius 1 is 1.40 bits per heavy atom. The van der Waals surface area contributed by atoms with Gasteiger partial charge in [-0.3, -0.25) is 9.59 Å². The molecule has 1 heterocycles. The lowest BCUT2D eigenvalue weighted by Gasteiger charge is -2.23. The number of likely N-dealkylation sites (tertiary alicyclic amines) is 1. The number of rotatable bonds is 2. The van der Waals surface area contributed by atoms with Gasteiger partial charge in [0.15, 0.2) is 0 Å². The fourth-order valence-corrected chi connectivity index (χ4v) is 2.63. The van der Waals surface area contributed by atoms with Crippen LogP contribution in [-0.4, -0.2) is 36.5 Å². The third kappa shape index (κ3) is 1.98. The highest BCUT2D eigenvalue weighted by molar-refractivity contribution is 5.87. The van der Waals surface area contributed by atoms with Crippen LogP contribution in [-0.2, 0) is 14.3 Å². The van der Waals surface area contributed by atoms with Crippen molar-refractivity contribution in [1.29, 1.82) is 0 Å². The van der Waals surface area contributed by atoms with E-state index in [0.717, 1.165) is 12.8 Å². The Balaban J connectivity index is 1.97. The molecular weight excluding hydrogens is 194 g/mol. The summed E-state index contributed by atoms with van der Waals surface area (Å²) in [6, 6.07) is 0.382. The number of nitrogens with zero attached hydrogens (tertiary/aromatic N) is 1. The fourth-order valence-electron chi connectivity index (χ4n) is 2.63. The molecule has 2 rings (SSSR count). The van der Waals surface area contributed by atoms with Crippen LogP contribution in [0.3, 0.4) is 0 Å². The van der Waals surface area contributed by atoms with Gasteiger partial charge in [0, 0.05) is 19.0 Å². The van der Waals surface area contributed by atoms with Crippen LogP contribution in [0.1, 0.15) is 32.1 Å². The van der Waals surface area contributed by atoms with E-state index in [1.165, 1.54) is 20.0 Å². The van der Waals surface area contributed by atoms with E-state index in [4.69, 9.17) is 0 Å². The minimum Gasteiger partial charge on any atom is -0.469 e. The molecule has 4 nitrogen and oxygen atoms in total. The van der Waals surface area contributed by atoms with Crippen LogP contribution in [0.5, 0.6) is 0 Å². The van der Waals surface area contributed by atoms with Crippen molar-refractivity contribution in [1.82, 2.24) is 4.90 Å². The Hall–Kier alpha value is -1.06. The molecule has 1 atom stereocenters. The summed E-state index contributed by atoms with van der Waals surface area (Å²) in [5, 5.41) is 0. The molecule has 0 aromatic carbocycles. The van der Waals surface area contributed by atoms with Crippen molar-refractivity contribution < 1.29 is 14.3 Å². The van der Waals surface area contributed by atoms with E-state index in [2.05, 4.69) is 4.74 Å². The van der Waals surface area contributed by atoms with Crippen LogP contribution in [0.15, 0.2) is 0 Å². The zero-order valence-corrected chi connectivity index (χ0v) is 9.07. The standard InChI is InChI=1S/C11H17NO3/c1-15-11(14)8-6-10(13)12(7-8)9-4-2-3-5-9/h8-9H,2-7H2,1H3/t8-/m1/s1. The normalized spacial score (nSPS) is 27.4. The first kappa shape index (κ1) is 10.5. The maximum atomic E-state index is 11.7. The topological polar surface area (TPSA) is 46.6 Å². The summed E-state index contributed by atoms with van der Waals surface area (Å²) in [6.45, 7) is 0.566. The molecule has 0 aromatic heterocycles. The second kappa shape index (κ2) is 4.21. The van der Waals surface area contributed by atoms with Crippen molar-refractivity contribution in [3.63, 3.8) is 0 Å². The second-order valence-electron chi connectivity index (χ2n) is 4.41. The number of amides is 1. The summed E-state index contributed by atoms with van der Waals surface area (Å²) in [7, 11) is 1.38. The largest absolute Gasteiger partial charge is 0.469 e. The number of methoxy groups -OCH3 is 1. The SMILES string of the molecule is COC(=O)[C@@H]1CC(=O)N(C2CCCC2)C1. The predicted octanol–water partition coefficient (Wildman–Crippen LogP) is 0.950. The van der Waals surface area contributed by atoms with Gasteiger partial charge in [0.05, 0.1) is 13.0 Å². The average Bonchev–Trinajstić information content (AvgIpc) is 2.84. The number of ether oxygens (including phenoxy) is 1. The first-order chi connectivity index (χ1) is 7.22. The molecule has 0 radical (unpaired) electrons. The summed E-state index contributed by atoms with van der Waals surface area (Å²) < 4.78 is 4.68. The van der Waals surface area contributed by atoms with Gasteiger partial charge in [-0.15, -0.1) is 0 Å². The van der Waals surface area contributed by atoms with Gasteiger partial charge in [-0.25, -0.2) is 0 Å². The molecule has 4 heteroatoms. The number of carbonyl (C=O) groups excluding carboxylic acids is 2. The minimum absolute atomic E-state index is 0.123. The fraction of sp³-hybridized carbons (Fsp3) is 0.818. The van der Waals surface area contributed by atoms with Crippen LogP contribution < -0.4 is 0 Å². The van der Waals surface area contributed by atoms with E-state index in [1.54, 1.807) is 0 Å². The van der Waals surface area contributed by atoms with Crippen molar-refractivity contribution in [3.8, 4) is 0 Å². The molecular formula is C11H17NO3. The highest BCUT2D eigenvalue weighted by Gasteiger charge is 2.38. The van der Waals surface area contributed by atoms with Crippen molar-refractivity contribution in [3.05, 3.63) is 0 Å². The van der Waals surface area contributed by atoms with E-state index < -0.39 is 0 Å². The second-order valence-corrected chi connectivity index (χ2v) is 4.41. The Kier molecular flexibility index (Phi) is 2.93. The molecule has 0 bridgehead atoms. The molecule has 1 amide bonds. The monoisotopic (exact) mass is 211 g/mol. The summed E-state index contributed by atoms with van der Waals surface area (Å²) in [5.74, 6) is -0.357. The first-order valence-electron chi connectivity index (χ1n) is 5.59. The molecule has 0 unspecified atom stereocenters. The van der Waals surface area contributed by atoms with Crippen LogP contribution in [0.2, 0.25) is 0 Å². The Morgan fingerprint density at radius 2 is 2.07 bits per heavy atom. The maximum absolute atomic E-state index is 11.7. The molecule has 0 N–H and O–H groups in total. The zero-order chi connectivity index (χ0) is 10.8. The minimum atomic E-state index is -0.246. The van der Waals surface area contributed by atoms with Crippen molar-refractivity contribution >= 4 is 11.9 Å². The van der Waals surface area contributed by atoms with E-state index >= 15 is 0 Å². The summed E-state index contributed by atoms with van der Waals surface area (Å²) >= 11 is 0. The van der Waals surface area contributed by atoms with E-state index in [0.29, 0.717) is 19.0 Å². The van der Waals surface area contributed by atoms with Crippen LogP contribution in [0, 0.1) is 5.92 Å². The highest BCUT2D eigenvalue weighted by Crippen LogP contribution is 2.29. The molecule has 1 saturated carbocycles. The number of carbonyl (C=O) groups is 2. The quantitative estimate of drug-likeness (QED) is 0.639. The predicted molar refractivity (Wildman–Crippen MR) is 54.1 cm³/mol. The molecule has 2 fully saturated rings. The van der Waals surface area contributed by atoms with Crippen LogP contribution in [0.4, 0.5) is 0 Å². The van der Waals surface area contributed by atoms with Crippen LogP contribution in [0.25, 0.3) is 0 Å². The summed E-state index contributed by atoms with van der Waals surface area (Å²) in [6.07, 6.45) is 4.94. The lowest BCUT2D eigenvalue weighted by atomic mass is 10.1. The van der Waals surface area contributed by atoms with Crippen LogP contribution >= 0.6 is 0 Å². The molecule has 1 saturated heterocycles. The van der Waals surface area contributed by atoms with E-state index in [-0.39, 0.29) is 17.8 Å². The Bertz CT molecular complexity index is 271. The molecule has 15 heavy (non-hydrogen) atoms. The van der Waals surface area contributed by atoms with E-state index in [1.807, 2.05) is 4.90 Å². The molecule has 1 aliphatic carbocycles. The van der Waals surface area contributed by atoms with Gasteiger partial charge in [0.25, 0.3) is 0 Å². The smallest absolute Gasteiger partial charge is 0.310 e. The first-order valence-corrected chi connectivity index (χ1v) is 5.59. The van der Waals surface area contributed by atoms with Gasteiger partial charge < -0.3 is 9.64 Å².